The third kappa shape index (κ3) is 5.96. The second-order valence-corrected chi connectivity index (χ2v) is 8.24. The van der Waals surface area contributed by atoms with Gasteiger partial charge in [-0.05, 0) is 36.6 Å². The SMILES string of the molecule is Cc1cc(Cl)ccc1OCCN1CCN(Cc2cncn2CC(C)C)CC1. The highest BCUT2D eigenvalue weighted by molar-refractivity contribution is 6.30. The summed E-state index contributed by atoms with van der Waals surface area (Å²) in [6, 6.07) is 5.78. The number of aromatic nitrogens is 2. The number of benzene rings is 1. The van der Waals surface area contributed by atoms with Gasteiger partial charge in [-0.2, -0.15) is 0 Å². The maximum Gasteiger partial charge on any atom is 0.122 e. The molecule has 0 saturated carbocycles. The zero-order chi connectivity index (χ0) is 19.2. The fourth-order valence-electron chi connectivity index (χ4n) is 3.50. The molecule has 0 spiro atoms. The summed E-state index contributed by atoms with van der Waals surface area (Å²) in [4.78, 5) is 9.34. The van der Waals surface area contributed by atoms with Crippen molar-refractivity contribution in [3.63, 3.8) is 0 Å². The van der Waals surface area contributed by atoms with Gasteiger partial charge >= 0.3 is 0 Å². The van der Waals surface area contributed by atoms with Crippen molar-refractivity contribution in [1.82, 2.24) is 19.4 Å². The highest BCUT2D eigenvalue weighted by atomic mass is 35.5. The molecule has 2 aromatic rings. The second-order valence-electron chi connectivity index (χ2n) is 7.81. The van der Waals surface area contributed by atoms with Gasteiger partial charge in [0.2, 0.25) is 0 Å². The van der Waals surface area contributed by atoms with Crippen LogP contribution in [-0.4, -0.2) is 58.7 Å². The zero-order valence-corrected chi connectivity index (χ0v) is 17.5. The van der Waals surface area contributed by atoms with E-state index in [1.165, 1.54) is 5.69 Å². The predicted molar refractivity (Wildman–Crippen MR) is 110 cm³/mol. The van der Waals surface area contributed by atoms with Crippen LogP contribution in [0.2, 0.25) is 5.02 Å². The van der Waals surface area contributed by atoms with Crippen LogP contribution >= 0.6 is 11.6 Å². The molecule has 1 aromatic heterocycles. The lowest BCUT2D eigenvalue weighted by Gasteiger charge is -2.34. The van der Waals surface area contributed by atoms with Gasteiger partial charge in [0.1, 0.15) is 12.4 Å². The van der Waals surface area contributed by atoms with Gasteiger partial charge in [0, 0.05) is 57.0 Å². The van der Waals surface area contributed by atoms with Crippen molar-refractivity contribution >= 4 is 11.6 Å². The Kier molecular flexibility index (Phi) is 7.16. The molecule has 0 N–H and O–H groups in total. The molecule has 0 atom stereocenters. The summed E-state index contributed by atoms with van der Waals surface area (Å²) in [5, 5.41) is 0.755. The summed E-state index contributed by atoms with van der Waals surface area (Å²) in [7, 11) is 0. The zero-order valence-electron chi connectivity index (χ0n) is 16.7. The number of hydrogen-bond donors (Lipinski definition) is 0. The maximum absolute atomic E-state index is 6.00. The van der Waals surface area contributed by atoms with Gasteiger partial charge < -0.3 is 9.30 Å². The van der Waals surface area contributed by atoms with Crippen molar-refractivity contribution in [3.05, 3.63) is 47.0 Å². The van der Waals surface area contributed by atoms with Crippen LogP contribution in [0, 0.1) is 12.8 Å². The molecule has 0 unspecified atom stereocenters. The van der Waals surface area contributed by atoms with E-state index in [-0.39, 0.29) is 0 Å². The molecule has 1 aliphatic rings. The monoisotopic (exact) mass is 390 g/mol. The minimum absolute atomic E-state index is 0.638. The highest BCUT2D eigenvalue weighted by Gasteiger charge is 2.18. The number of nitrogens with zero attached hydrogens (tertiary/aromatic N) is 4. The van der Waals surface area contributed by atoms with Gasteiger partial charge in [-0.15, -0.1) is 0 Å². The number of rotatable bonds is 8. The van der Waals surface area contributed by atoms with Gasteiger partial charge in [-0.1, -0.05) is 25.4 Å². The minimum Gasteiger partial charge on any atom is -0.492 e. The van der Waals surface area contributed by atoms with Crippen molar-refractivity contribution in [3.8, 4) is 5.75 Å². The summed E-state index contributed by atoms with van der Waals surface area (Å²) >= 11 is 6.00. The van der Waals surface area contributed by atoms with Gasteiger partial charge in [-0.3, -0.25) is 9.80 Å². The van der Waals surface area contributed by atoms with Crippen molar-refractivity contribution in [2.75, 3.05) is 39.3 Å². The molecule has 1 aromatic carbocycles. The molecule has 0 bridgehead atoms. The molecular weight excluding hydrogens is 360 g/mol. The van der Waals surface area contributed by atoms with Gasteiger partial charge in [-0.25, -0.2) is 4.98 Å². The molecule has 2 heterocycles. The number of piperazine rings is 1. The smallest absolute Gasteiger partial charge is 0.122 e. The Morgan fingerprint density at radius 1 is 1.15 bits per heavy atom. The van der Waals surface area contributed by atoms with Crippen LogP contribution in [0.1, 0.15) is 25.1 Å². The number of halogens is 1. The van der Waals surface area contributed by atoms with Crippen LogP contribution < -0.4 is 4.74 Å². The first-order valence-corrected chi connectivity index (χ1v) is 10.2. The number of imidazole rings is 1. The molecule has 148 valence electrons. The van der Waals surface area contributed by atoms with E-state index in [2.05, 4.69) is 33.2 Å². The summed E-state index contributed by atoms with van der Waals surface area (Å²) in [6.07, 6.45) is 3.97. The number of aryl methyl sites for hydroxylation is 1. The topological polar surface area (TPSA) is 33.5 Å². The van der Waals surface area contributed by atoms with Crippen LogP contribution in [0.4, 0.5) is 0 Å². The second kappa shape index (κ2) is 9.58. The molecule has 0 amide bonds. The summed E-state index contributed by atoms with van der Waals surface area (Å²) < 4.78 is 8.22. The van der Waals surface area contributed by atoms with Gasteiger partial charge in [0.15, 0.2) is 0 Å². The third-order valence-corrected chi connectivity index (χ3v) is 5.25. The van der Waals surface area contributed by atoms with Gasteiger partial charge in [0.05, 0.1) is 12.0 Å². The number of hydrogen-bond acceptors (Lipinski definition) is 4. The summed E-state index contributed by atoms with van der Waals surface area (Å²) in [6.45, 7) is 14.6. The van der Waals surface area contributed by atoms with Crippen LogP contribution in [0.25, 0.3) is 0 Å². The van der Waals surface area contributed by atoms with E-state index in [1.807, 2.05) is 37.6 Å². The Morgan fingerprint density at radius 2 is 1.89 bits per heavy atom. The van der Waals surface area contributed by atoms with Crippen LogP contribution in [0.15, 0.2) is 30.7 Å². The summed E-state index contributed by atoms with van der Waals surface area (Å²) in [5.74, 6) is 1.57. The molecule has 1 fully saturated rings. The normalized spacial score (nSPS) is 16.2. The Labute approximate surface area is 167 Å². The molecule has 0 radical (unpaired) electrons. The highest BCUT2D eigenvalue weighted by Crippen LogP contribution is 2.21. The average molecular weight is 391 g/mol. The molecule has 1 aliphatic heterocycles. The quantitative estimate of drug-likeness (QED) is 0.688. The van der Waals surface area contributed by atoms with E-state index in [0.717, 1.165) is 62.1 Å². The molecule has 5 nitrogen and oxygen atoms in total. The maximum atomic E-state index is 6.00. The first-order chi connectivity index (χ1) is 13.0. The largest absolute Gasteiger partial charge is 0.492 e. The van der Waals surface area contributed by atoms with Crippen molar-refractivity contribution < 1.29 is 4.74 Å². The van der Waals surface area contributed by atoms with E-state index in [1.54, 1.807) is 0 Å². The van der Waals surface area contributed by atoms with Crippen molar-refractivity contribution in [1.29, 1.82) is 0 Å². The lowest BCUT2D eigenvalue weighted by molar-refractivity contribution is 0.110. The lowest BCUT2D eigenvalue weighted by Crippen LogP contribution is -2.47. The van der Waals surface area contributed by atoms with E-state index in [4.69, 9.17) is 16.3 Å². The van der Waals surface area contributed by atoms with E-state index in [0.29, 0.717) is 12.5 Å². The van der Waals surface area contributed by atoms with Gasteiger partial charge in [0.25, 0.3) is 0 Å². The molecule has 27 heavy (non-hydrogen) atoms. The third-order valence-electron chi connectivity index (χ3n) is 5.01. The predicted octanol–water partition coefficient (Wildman–Crippen LogP) is 3.70. The van der Waals surface area contributed by atoms with Crippen molar-refractivity contribution in [2.24, 2.45) is 5.92 Å². The fraction of sp³-hybridized carbons (Fsp3) is 0.571. The molecule has 6 heteroatoms. The molecule has 1 saturated heterocycles. The van der Waals surface area contributed by atoms with Crippen LogP contribution in [0.5, 0.6) is 5.75 Å². The Morgan fingerprint density at radius 3 is 2.59 bits per heavy atom. The standard InChI is InChI=1S/C21H31ClN4O/c1-17(2)14-26-16-23-13-20(26)15-25-8-6-24(7-9-25)10-11-27-21-5-4-19(22)12-18(21)3/h4-5,12-13,16-17H,6-11,14-15H2,1-3H3. The lowest BCUT2D eigenvalue weighted by atomic mass is 10.2. The first kappa shape index (κ1) is 20.2. The van der Waals surface area contributed by atoms with Crippen LogP contribution in [0.3, 0.4) is 0 Å². The Bertz CT molecular complexity index is 723. The minimum atomic E-state index is 0.638. The molecule has 0 aliphatic carbocycles. The van der Waals surface area contributed by atoms with E-state index < -0.39 is 0 Å². The van der Waals surface area contributed by atoms with Crippen molar-refractivity contribution in [2.45, 2.75) is 33.9 Å². The van der Waals surface area contributed by atoms with Crippen LogP contribution in [-0.2, 0) is 13.1 Å². The fourth-order valence-corrected chi connectivity index (χ4v) is 3.72. The Hall–Kier alpha value is -1.56. The Balaban J connectivity index is 1.39. The summed E-state index contributed by atoms with van der Waals surface area (Å²) in [5.41, 5.74) is 2.41. The number of ether oxygens (including phenoxy) is 1. The molecule has 3 rings (SSSR count). The van der Waals surface area contributed by atoms with E-state index in [9.17, 15) is 0 Å². The molecular formula is C21H31ClN4O. The average Bonchev–Trinajstić information content (AvgIpc) is 3.04. The first-order valence-electron chi connectivity index (χ1n) is 9.84. The van der Waals surface area contributed by atoms with E-state index >= 15 is 0 Å².